The molecule has 0 spiro atoms. The molecule has 0 heterocycles. The molecule has 0 bridgehead atoms. The minimum Gasteiger partial charge on any atom is -0.297 e. The first-order valence-electron chi connectivity index (χ1n) is 7.50. The summed E-state index contributed by atoms with van der Waals surface area (Å²) < 4.78 is 13.5. The lowest BCUT2D eigenvalue weighted by atomic mass is 9.72. The average Bonchev–Trinajstić information content (AvgIpc) is 2.42. The lowest BCUT2D eigenvalue weighted by molar-refractivity contribution is -0.132. The largest absolute Gasteiger partial charge is 0.297 e. The molecule has 1 aliphatic carbocycles. The number of halogens is 2. The Bertz CT molecular complexity index is 532. The van der Waals surface area contributed by atoms with E-state index in [-0.39, 0.29) is 17.2 Å². The fourth-order valence-corrected chi connectivity index (χ4v) is 3.55. The zero-order chi connectivity index (χ0) is 15.6. The van der Waals surface area contributed by atoms with E-state index in [4.69, 9.17) is 11.6 Å². The molecule has 1 aromatic rings. The summed E-state index contributed by atoms with van der Waals surface area (Å²) in [5.74, 6) is 0.269. The summed E-state index contributed by atoms with van der Waals surface area (Å²) in [6.07, 6.45) is 4.28. The molecule has 1 saturated carbocycles. The Hall–Kier alpha value is -0.930. The standard InChI is InChI=1S/C17H23ClFNO/c1-12-5-4-8-17(11-12,20(2)3)16(21)10-13-6-7-14(18)15(19)9-13/h6-7,9,12H,4-5,8,10-11H2,1-3H3. The van der Waals surface area contributed by atoms with Crippen LogP contribution in [0.2, 0.25) is 5.02 Å². The van der Waals surface area contributed by atoms with Crippen molar-refractivity contribution in [2.75, 3.05) is 14.1 Å². The molecule has 0 amide bonds. The number of carbonyl (C=O) groups is 1. The fraction of sp³-hybridized carbons (Fsp3) is 0.588. The normalized spacial score (nSPS) is 26.1. The highest BCUT2D eigenvalue weighted by Gasteiger charge is 2.42. The van der Waals surface area contributed by atoms with Crippen LogP contribution in [-0.2, 0) is 11.2 Å². The smallest absolute Gasteiger partial charge is 0.157 e. The summed E-state index contributed by atoms with van der Waals surface area (Å²) in [5, 5.41) is 0.0970. The maximum atomic E-state index is 13.5. The molecule has 4 heteroatoms. The van der Waals surface area contributed by atoms with Crippen molar-refractivity contribution in [3.05, 3.63) is 34.6 Å². The highest BCUT2D eigenvalue weighted by molar-refractivity contribution is 6.30. The molecule has 21 heavy (non-hydrogen) atoms. The zero-order valence-corrected chi connectivity index (χ0v) is 13.7. The van der Waals surface area contributed by atoms with Gasteiger partial charge in [0.25, 0.3) is 0 Å². The number of hydrogen-bond donors (Lipinski definition) is 0. The average molecular weight is 312 g/mol. The molecule has 2 nitrogen and oxygen atoms in total. The topological polar surface area (TPSA) is 20.3 Å². The number of Topliss-reactive ketones (excluding diaryl/α,β-unsaturated/α-hetero) is 1. The van der Waals surface area contributed by atoms with Gasteiger partial charge in [-0.1, -0.05) is 37.4 Å². The SMILES string of the molecule is CC1CCCC(C(=O)Cc2ccc(Cl)c(F)c2)(N(C)C)C1. The van der Waals surface area contributed by atoms with Gasteiger partial charge in [-0.05, 0) is 50.6 Å². The fourth-order valence-electron chi connectivity index (χ4n) is 3.43. The summed E-state index contributed by atoms with van der Waals surface area (Å²) in [4.78, 5) is 14.9. The van der Waals surface area contributed by atoms with Crippen LogP contribution < -0.4 is 0 Å². The minimum atomic E-state index is -0.460. The van der Waals surface area contributed by atoms with E-state index >= 15 is 0 Å². The summed E-state index contributed by atoms with van der Waals surface area (Å²) >= 11 is 5.69. The predicted octanol–water partition coefficient (Wildman–Crippen LogP) is 4.10. The number of nitrogens with zero attached hydrogens (tertiary/aromatic N) is 1. The first-order chi connectivity index (χ1) is 9.85. The Labute approximate surface area is 131 Å². The lowest BCUT2D eigenvalue weighted by Gasteiger charge is -2.44. The van der Waals surface area contributed by atoms with Crippen LogP contribution in [0.3, 0.4) is 0 Å². The molecule has 0 radical (unpaired) electrons. The third kappa shape index (κ3) is 3.46. The second-order valence-corrected chi connectivity index (χ2v) is 6.88. The molecule has 0 aromatic heterocycles. The van der Waals surface area contributed by atoms with Gasteiger partial charge in [-0.2, -0.15) is 0 Å². The van der Waals surface area contributed by atoms with Crippen molar-refractivity contribution in [3.8, 4) is 0 Å². The Morgan fingerprint density at radius 1 is 1.48 bits per heavy atom. The number of hydrogen-bond acceptors (Lipinski definition) is 2. The van der Waals surface area contributed by atoms with E-state index in [1.165, 1.54) is 18.6 Å². The van der Waals surface area contributed by atoms with E-state index in [2.05, 4.69) is 11.8 Å². The van der Waals surface area contributed by atoms with Gasteiger partial charge in [0.15, 0.2) is 5.78 Å². The molecule has 1 fully saturated rings. The summed E-state index contributed by atoms with van der Waals surface area (Å²) in [7, 11) is 3.94. The molecule has 2 atom stereocenters. The van der Waals surface area contributed by atoms with Gasteiger partial charge < -0.3 is 0 Å². The molecule has 116 valence electrons. The summed E-state index contributed by atoms with van der Waals surface area (Å²) in [5.41, 5.74) is 0.287. The van der Waals surface area contributed by atoms with Gasteiger partial charge in [-0.3, -0.25) is 9.69 Å². The van der Waals surface area contributed by atoms with Crippen molar-refractivity contribution in [2.45, 2.75) is 44.6 Å². The lowest BCUT2D eigenvalue weighted by Crippen LogP contribution is -2.54. The quantitative estimate of drug-likeness (QED) is 0.834. The monoisotopic (exact) mass is 311 g/mol. The number of rotatable bonds is 4. The van der Waals surface area contributed by atoms with Gasteiger partial charge in [0.05, 0.1) is 10.6 Å². The van der Waals surface area contributed by atoms with Crippen LogP contribution >= 0.6 is 11.6 Å². The van der Waals surface area contributed by atoms with Crippen LogP contribution in [0.25, 0.3) is 0 Å². The van der Waals surface area contributed by atoms with Gasteiger partial charge in [0, 0.05) is 6.42 Å². The van der Waals surface area contributed by atoms with Crippen molar-refractivity contribution in [3.63, 3.8) is 0 Å². The third-order valence-electron chi connectivity index (χ3n) is 4.70. The van der Waals surface area contributed by atoms with E-state index in [1.807, 2.05) is 14.1 Å². The maximum absolute atomic E-state index is 13.5. The van der Waals surface area contributed by atoms with E-state index < -0.39 is 11.4 Å². The number of likely N-dealkylation sites (N-methyl/N-ethyl adjacent to an activating group) is 1. The molecule has 0 saturated heterocycles. The molecular formula is C17H23ClFNO. The van der Waals surface area contributed by atoms with Crippen molar-refractivity contribution < 1.29 is 9.18 Å². The highest BCUT2D eigenvalue weighted by Crippen LogP contribution is 2.37. The van der Waals surface area contributed by atoms with Crippen molar-refractivity contribution in [2.24, 2.45) is 5.92 Å². The van der Waals surface area contributed by atoms with Gasteiger partial charge >= 0.3 is 0 Å². The minimum absolute atomic E-state index is 0.0970. The van der Waals surface area contributed by atoms with Crippen LogP contribution in [0.4, 0.5) is 4.39 Å². The van der Waals surface area contributed by atoms with Crippen LogP contribution in [-0.4, -0.2) is 30.3 Å². The van der Waals surface area contributed by atoms with Gasteiger partial charge in [0.2, 0.25) is 0 Å². The molecule has 1 aromatic carbocycles. The van der Waals surface area contributed by atoms with Gasteiger partial charge in [0.1, 0.15) is 5.82 Å². The third-order valence-corrected chi connectivity index (χ3v) is 5.00. The Morgan fingerprint density at radius 3 is 2.76 bits per heavy atom. The molecule has 0 aliphatic heterocycles. The predicted molar refractivity (Wildman–Crippen MR) is 84.2 cm³/mol. The van der Waals surface area contributed by atoms with E-state index in [0.717, 1.165) is 19.3 Å². The molecule has 2 rings (SSSR count). The second kappa shape index (κ2) is 6.45. The maximum Gasteiger partial charge on any atom is 0.157 e. The first kappa shape index (κ1) is 16.4. The molecule has 1 aliphatic rings. The van der Waals surface area contributed by atoms with Crippen molar-refractivity contribution >= 4 is 17.4 Å². The van der Waals surface area contributed by atoms with Crippen molar-refractivity contribution in [1.29, 1.82) is 0 Å². The van der Waals surface area contributed by atoms with E-state index in [0.29, 0.717) is 11.5 Å². The molecule has 0 N–H and O–H groups in total. The second-order valence-electron chi connectivity index (χ2n) is 6.48. The van der Waals surface area contributed by atoms with Crippen LogP contribution in [0.15, 0.2) is 18.2 Å². The Morgan fingerprint density at radius 2 is 2.19 bits per heavy atom. The first-order valence-corrected chi connectivity index (χ1v) is 7.87. The summed E-state index contributed by atoms with van der Waals surface area (Å²) in [6, 6.07) is 4.63. The van der Waals surface area contributed by atoms with Crippen LogP contribution in [0, 0.1) is 11.7 Å². The van der Waals surface area contributed by atoms with Gasteiger partial charge in [-0.15, -0.1) is 0 Å². The van der Waals surface area contributed by atoms with E-state index in [9.17, 15) is 9.18 Å². The van der Waals surface area contributed by atoms with E-state index in [1.54, 1.807) is 6.07 Å². The van der Waals surface area contributed by atoms with Crippen LogP contribution in [0.1, 0.15) is 38.2 Å². The Balaban J connectivity index is 2.21. The number of ketones is 1. The Kier molecular flexibility index (Phi) is 5.05. The van der Waals surface area contributed by atoms with Crippen LogP contribution in [0.5, 0.6) is 0 Å². The van der Waals surface area contributed by atoms with Crippen molar-refractivity contribution in [1.82, 2.24) is 4.90 Å². The number of benzene rings is 1. The highest BCUT2D eigenvalue weighted by atomic mass is 35.5. The number of carbonyl (C=O) groups excluding carboxylic acids is 1. The molecule has 2 unspecified atom stereocenters. The van der Waals surface area contributed by atoms with Gasteiger partial charge in [-0.25, -0.2) is 4.39 Å². The molecular weight excluding hydrogens is 289 g/mol. The summed E-state index contributed by atoms with van der Waals surface area (Å²) in [6.45, 7) is 2.20. The zero-order valence-electron chi connectivity index (χ0n) is 13.0.